The van der Waals surface area contributed by atoms with Gasteiger partial charge in [-0.05, 0) is 47.3 Å². The van der Waals surface area contributed by atoms with Crippen molar-refractivity contribution in [2.75, 3.05) is 0 Å². The van der Waals surface area contributed by atoms with Crippen molar-refractivity contribution in [2.24, 2.45) is 0 Å². The van der Waals surface area contributed by atoms with Gasteiger partial charge < -0.3 is 0 Å². The molecule has 0 fully saturated rings. The Kier molecular flexibility index (Phi) is 4.27. The molecule has 1 nitrogen and oxygen atoms in total. The maximum absolute atomic E-state index is 13.7. The van der Waals surface area contributed by atoms with Crippen LogP contribution in [0.2, 0.25) is 0 Å². The van der Waals surface area contributed by atoms with Crippen LogP contribution >= 0.6 is 11.6 Å². The van der Waals surface area contributed by atoms with Crippen LogP contribution in [0.4, 0.5) is 8.78 Å². The van der Waals surface area contributed by atoms with Crippen LogP contribution in [-0.2, 0) is 11.2 Å². The van der Waals surface area contributed by atoms with Gasteiger partial charge in [0.15, 0.2) is 0 Å². The summed E-state index contributed by atoms with van der Waals surface area (Å²) in [6.07, 6.45) is 0.240. The first kappa shape index (κ1) is 13.7. The van der Waals surface area contributed by atoms with Crippen LogP contribution in [0.1, 0.15) is 17.0 Å². The second kappa shape index (κ2) is 5.93. The quantitative estimate of drug-likeness (QED) is 0.772. The van der Waals surface area contributed by atoms with E-state index in [2.05, 4.69) is 0 Å². The molecule has 0 aromatic heterocycles. The third-order valence-electron chi connectivity index (χ3n) is 2.91. The summed E-state index contributed by atoms with van der Waals surface area (Å²) in [5, 5.41) is -0.630. The second-order valence-electron chi connectivity index (χ2n) is 4.21. The average molecular weight is 281 g/mol. The van der Waals surface area contributed by atoms with E-state index in [1.165, 1.54) is 24.3 Å². The van der Waals surface area contributed by atoms with E-state index in [9.17, 15) is 13.6 Å². The van der Waals surface area contributed by atoms with Crippen molar-refractivity contribution in [3.63, 3.8) is 0 Å². The fraction of sp³-hybridized carbons (Fsp3) is 0.133. The van der Waals surface area contributed by atoms with Crippen molar-refractivity contribution in [3.8, 4) is 0 Å². The molecule has 0 N–H and O–H groups in total. The molecule has 0 bridgehead atoms. The molecule has 0 aliphatic carbocycles. The molecule has 0 spiro atoms. The van der Waals surface area contributed by atoms with Gasteiger partial charge in [-0.3, -0.25) is 4.79 Å². The molecule has 2 rings (SSSR count). The molecule has 98 valence electrons. The number of halogens is 3. The molecular formula is C15H11ClF2O. The number of rotatable bonds is 4. The van der Waals surface area contributed by atoms with Gasteiger partial charge in [0, 0.05) is 0 Å². The first-order valence-corrected chi connectivity index (χ1v) is 6.14. The topological polar surface area (TPSA) is 17.1 Å². The van der Waals surface area contributed by atoms with E-state index < -0.39 is 17.0 Å². The minimum absolute atomic E-state index is 0.240. The summed E-state index contributed by atoms with van der Waals surface area (Å²) < 4.78 is 26.5. The van der Waals surface area contributed by atoms with Crippen LogP contribution in [0.3, 0.4) is 0 Å². The Hall–Kier alpha value is -1.74. The molecule has 0 radical (unpaired) electrons. The number of hydrogen-bond donors (Lipinski definition) is 0. The van der Waals surface area contributed by atoms with Crippen LogP contribution in [0.25, 0.3) is 0 Å². The summed E-state index contributed by atoms with van der Waals surface area (Å²) in [6, 6.07) is 11.7. The van der Waals surface area contributed by atoms with Crippen LogP contribution in [-0.4, -0.2) is 5.24 Å². The highest BCUT2D eigenvalue weighted by molar-refractivity contribution is 6.64. The predicted molar refractivity (Wildman–Crippen MR) is 70.1 cm³/mol. The zero-order valence-electron chi connectivity index (χ0n) is 9.95. The summed E-state index contributed by atoms with van der Waals surface area (Å²) in [5.74, 6) is -1.60. The van der Waals surface area contributed by atoms with Gasteiger partial charge in [0.2, 0.25) is 5.24 Å². The zero-order valence-corrected chi connectivity index (χ0v) is 10.7. The van der Waals surface area contributed by atoms with Crippen LogP contribution in [0, 0.1) is 11.6 Å². The van der Waals surface area contributed by atoms with E-state index >= 15 is 0 Å². The molecule has 2 aromatic rings. The highest BCUT2D eigenvalue weighted by Gasteiger charge is 2.22. The molecule has 2 aromatic carbocycles. The zero-order chi connectivity index (χ0) is 13.8. The SMILES string of the molecule is O=C(Cl)C(Cc1ccc(F)cc1)c1ccccc1F. The lowest BCUT2D eigenvalue weighted by atomic mass is 9.92. The normalized spacial score (nSPS) is 12.2. The summed E-state index contributed by atoms with van der Waals surface area (Å²) in [7, 11) is 0. The largest absolute Gasteiger partial charge is 0.281 e. The summed E-state index contributed by atoms with van der Waals surface area (Å²) in [6.45, 7) is 0. The van der Waals surface area contributed by atoms with E-state index in [0.717, 1.165) is 5.56 Å². The first-order chi connectivity index (χ1) is 9.08. The minimum Gasteiger partial charge on any atom is -0.281 e. The van der Waals surface area contributed by atoms with Gasteiger partial charge in [0.25, 0.3) is 0 Å². The lowest BCUT2D eigenvalue weighted by Gasteiger charge is -2.14. The van der Waals surface area contributed by atoms with Crippen molar-refractivity contribution < 1.29 is 13.6 Å². The molecule has 0 aliphatic heterocycles. The Balaban J connectivity index is 2.29. The molecule has 0 heterocycles. The van der Waals surface area contributed by atoms with Gasteiger partial charge in [-0.15, -0.1) is 0 Å². The Morgan fingerprint density at radius 3 is 2.26 bits per heavy atom. The Morgan fingerprint density at radius 1 is 1.05 bits per heavy atom. The van der Waals surface area contributed by atoms with E-state index in [1.54, 1.807) is 24.3 Å². The van der Waals surface area contributed by atoms with E-state index in [0.29, 0.717) is 0 Å². The van der Waals surface area contributed by atoms with Gasteiger partial charge in [-0.2, -0.15) is 0 Å². The fourth-order valence-corrected chi connectivity index (χ4v) is 2.12. The second-order valence-corrected chi connectivity index (χ2v) is 4.58. The van der Waals surface area contributed by atoms with Crippen molar-refractivity contribution in [2.45, 2.75) is 12.3 Å². The van der Waals surface area contributed by atoms with Crippen LogP contribution in [0.15, 0.2) is 48.5 Å². The fourth-order valence-electron chi connectivity index (χ4n) is 1.93. The third-order valence-corrected chi connectivity index (χ3v) is 3.17. The molecule has 1 atom stereocenters. The molecular weight excluding hydrogens is 270 g/mol. The van der Waals surface area contributed by atoms with Crippen molar-refractivity contribution in [1.29, 1.82) is 0 Å². The van der Waals surface area contributed by atoms with Crippen LogP contribution in [0.5, 0.6) is 0 Å². The smallest absolute Gasteiger partial charge is 0.229 e. The molecule has 0 aliphatic rings. The Morgan fingerprint density at radius 2 is 1.68 bits per heavy atom. The molecule has 0 saturated carbocycles. The highest BCUT2D eigenvalue weighted by Crippen LogP contribution is 2.26. The molecule has 1 unspecified atom stereocenters. The van der Waals surface area contributed by atoms with E-state index in [-0.39, 0.29) is 17.8 Å². The summed E-state index contributed by atoms with van der Waals surface area (Å²) in [5.41, 5.74) is 0.982. The predicted octanol–water partition coefficient (Wildman–Crippen LogP) is 4.06. The van der Waals surface area contributed by atoms with Gasteiger partial charge >= 0.3 is 0 Å². The van der Waals surface area contributed by atoms with Gasteiger partial charge in [-0.25, -0.2) is 8.78 Å². The lowest BCUT2D eigenvalue weighted by Crippen LogP contribution is -2.12. The highest BCUT2D eigenvalue weighted by atomic mass is 35.5. The maximum Gasteiger partial charge on any atom is 0.229 e. The molecule has 0 amide bonds. The number of carbonyl (C=O) groups excluding carboxylic acids is 1. The maximum atomic E-state index is 13.7. The van der Waals surface area contributed by atoms with Gasteiger partial charge in [0.1, 0.15) is 11.6 Å². The number of benzene rings is 2. The monoisotopic (exact) mass is 280 g/mol. The lowest BCUT2D eigenvalue weighted by molar-refractivity contribution is -0.113. The van der Waals surface area contributed by atoms with Crippen LogP contribution < -0.4 is 0 Å². The van der Waals surface area contributed by atoms with Crippen molar-refractivity contribution >= 4 is 16.8 Å². The molecule has 19 heavy (non-hydrogen) atoms. The Labute approximate surface area is 114 Å². The van der Waals surface area contributed by atoms with E-state index in [4.69, 9.17) is 11.6 Å². The first-order valence-electron chi connectivity index (χ1n) is 5.76. The van der Waals surface area contributed by atoms with Crippen molar-refractivity contribution in [3.05, 3.63) is 71.3 Å². The standard InChI is InChI=1S/C15H11ClF2O/c16-15(19)13(12-3-1-2-4-14(12)18)9-10-5-7-11(17)8-6-10/h1-8,13H,9H2. The summed E-state index contributed by atoms with van der Waals surface area (Å²) >= 11 is 5.55. The summed E-state index contributed by atoms with van der Waals surface area (Å²) in [4.78, 5) is 11.5. The minimum atomic E-state index is -0.770. The van der Waals surface area contributed by atoms with Gasteiger partial charge in [-0.1, -0.05) is 30.3 Å². The third kappa shape index (κ3) is 3.38. The molecule has 4 heteroatoms. The number of carbonyl (C=O) groups is 1. The Bertz CT molecular complexity index is 581. The van der Waals surface area contributed by atoms with Gasteiger partial charge in [0.05, 0.1) is 5.92 Å². The van der Waals surface area contributed by atoms with Crippen molar-refractivity contribution in [1.82, 2.24) is 0 Å². The number of hydrogen-bond acceptors (Lipinski definition) is 1. The average Bonchev–Trinajstić information content (AvgIpc) is 2.39. The molecule has 0 saturated heterocycles. The van der Waals surface area contributed by atoms with E-state index in [1.807, 2.05) is 0 Å².